The molecule has 2 fully saturated rings. The Bertz CT molecular complexity index is 716. The fourth-order valence-electron chi connectivity index (χ4n) is 3.62. The van der Waals surface area contributed by atoms with E-state index in [-0.39, 0.29) is 10.9 Å². The molecule has 0 unspecified atom stereocenters. The van der Waals surface area contributed by atoms with Gasteiger partial charge in [-0.25, -0.2) is 12.8 Å². The zero-order valence-corrected chi connectivity index (χ0v) is 16.7. The Morgan fingerprint density at radius 3 is 2.48 bits per heavy atom. The molecule has 6 nitrogen and oxygen atoms in total. The predicted octanol–water partition coefficient (Wildman–Crippen LogP) is 2.03. The Hall–Kier alpha value is -1.06. The number of halogens is 1. The van der Waals surface area contributed by atoms with E-state index >= 15 is 0 Å². The number of benzene rings is 1. The first-order chi connectivity index (χ1) is 13.0. The molecule has 0 aromatic heterocycles. The summed E-state index contributed by atoms with van der Waals surface area (Å²) in [6.45, 7) is 7.23. The lowest BCUT2D eigenvalue weighted by Crippen LogP contribution is -2.45. The molecule has 0 atom stereocenters. The summed E-state index contributed by atoms with van der Waals surface area (Å²) in [7, 11) is -3.75. The van der Waals surface area contributed by atoms with E-state index in [0.29, 0.717) is 38.2 Å². The minimum atomic E-state index is -3.75. The van der Waals surface area contributed by atoms with Crippen molar-refractivity contribution < 1.29 is 22.3 Å². The Balaban J connectivity index is 1.74. The molecule has 3 rings (SSSR count). The highest BCUT2D eigenvalue weighted by Gasteiger charge is 2.32. The second kappa shape index (κ2) is 9.43. The van der Waals surface area contributed by atoms with Crippen molar-refractivity contribution in [1.29, 1.82) is 0 Å². The SMILES string of the molecule is Cc1ccc(S(=O)(=O)N(CCCN2CCOCC2)C2CCOCC2)cc1F. The number of hydrogen-bond acceptors (Lipinski definition) is 5. The standard InChI is InChI=1S/C19H29FN2O4S/c1-16-3-4-18(15-19(16)20)27(23,24)22(17-5-11-25-12-6-17)8-2-7-21-9-13-26-14-10-21/h3-4,15,17H,2,5-14H2,1H3. The Morgan fingerprint density at radius 1 is 1.15 bits per heavy atom. The lowest BCUT2D eigenvalue weighted by atomic mass is 10.1. The number of nitrogens with zero attached hydrogens (tertiary/aromatic N) is 2. The smallest absolute Gasteiger partial charge is 0.243 e. The van der Waals surface area contributed by atoms with E-state index in [0.717, 1.165) is 45.3 Å². The van der Waals surface area contributed by atoms with Crippen LogP contribution in [0.1, 0.15) is 24.8 Å². The van der Waals surface area contributed by atoms with Gasteiger partial charge in [0.15, 0.2) is 0 Å². The topological polar surface area (TPSA) is 59.1 Å². The van der Waals surface area contributed by atoms with Gasteiger partial charge in [-0.3, -0.25) is 4.90 Å². The van der Waals surface area contributed by atoms with Gasteiger partial charge in [0.05, 0.1) is 18.1 Å². The molecule has 0 spiro atoms. The molecule has 0 amide bonds. The van der Waals surface area contributed by atoms with Crippen LogP contribution in [0.25, 0.3) is 0 Å². The third-order valence-corrected chi connectivity index (χ3v) is 7.25. The molecule has 0 aliphatic carbocycles. The average molecular weight is 401 g/mol. The lowest BCUT2D eigenvalue weighted by molar-refractivity contribution is 0.0344. The summed E-state index contributed by atoms with van der Waals surface area (Å²) in [5.41, 5.74) is 0.443. The molecule has 1 aromatic carbocycles. The normalized spacial score (nSPS) is 20.3. The van der Waals surface area contributed by atoms with Gasteiger partial charge in [0.25, 0.3) is 0 Å². The quantitative estimate of drug-likeness (QED) is 0.701. The van der Waals surface area contributed by atoms with Crippen molar-refractivity contribution in [2.75, 3.05) is 52.6 Å². The molecular weight excluding hydrogens is 371 g/mol. The molecule has 27 heavy (non-hydrogen) atoms. The van der Waals surface area contributed by atoms with Crippen LogP contribution in [-0.2, 0) is 19.5 Å². The number of sulfonamides is 1. The summed E-state index contributed by atoms with van der Waals surface area (Å²) >= 11 is 0. The van der Waals surface area contributed by atoms with Crippen molar-refractivity contribution in [2.45, 2.75) is 37.1 Å². The highest BCUT2D eigenvalue weighted by atomic mass is 32.2. The van der Waals surface area contributed by atoms with Gasteiger partial charge in [-0.05, 0) is 50.4 Å². The summed E-state index contributed by atoms with van der Waals surface area (Å²) in [4.78, 5) is 2.33. The zero-order chi connectivity index (χ0) is 19.3. The summed E-state index contributed by atoms with van der Waals surface area (Å²) < 4.78 is 52.8. The second-order valence-electron chi connectivity index (χ2n) is 7.18. The second-order valence-corrected chi connectivity index (χ2v) is 9.07. The maximum Gasteiger partial charge on any atom is 0.243 e. The first-order valence-electron chi connectivity index (χ1n) is 9.64. The Labute approximate surface area is 161 Å². The molecule has 8 heteroatoms. The number of hydrogen-bond donors (Lipinski definition) is 0. The maximum atomic E-state index is 14.0. The zero-order valence-electron chi connectivity index (χ0n) is 15.9. The van der Waals surface area contributed by atoms with Crippen LogP contribution in [0.4, 0.5) is 4.39 Å². The maximum absolute atomic E-state index is 14.0. The van der Waals surface area contributed by atoms with Crippen LogP contribution >= 0.6 is 0 Å². The van der Waals surface area contributed by atoms with Crippen LogP contribution in [0.15, 0.2) is 23.1 Å². The minimum Gasteiger partial charge on any atom is -0.381 e. The molecule has 2 heterocycles. The van der Waals surface area contributed by atoms with E-state index in [9.17, 15) is 12.8 Å². The van der Waals surface area contributed by atoms with E-state index in [1.54, 1.807) is 11.2 Å². The van der Waals surface area contributed by atoms with Crippen molar-refractivity contribution in [2.24, 2.45) is 0 Å². The molecule has 2 aliphatic heterocycles. The highest BCUT2D eigenvalue weighted by Crippen LogP contribution is 2.25. The first kappa shape index (κ1) is 20.7. The van der Waals surface area contributed by atoms with Crippen molar-refractivity contribution in [3.63, 3.8) is 0 Å². The van der Waals surface area contributed by atoms with Gasteiger partial charge in [-0.1, -0.05) is 6.07 Å². The monoisotopic (exact) mass is 400 g/mol. The number of ether oxygens (including phenoxy) is 2. The van der Waals surface area contributed by atoms with Crippen molar-refractivity contribution in [3.05, 3.63) is 29.6 Å². The van der Waals surface area contributed by atoms with Crippen LogP contribution in [-0.4, -0.2) is 76.3 Å². The summed E-state index contributed by atoms with van der Waals surface area (Å²) in [6.07, 6.45) is 2.08. The van der Waals surface area contributed by atoms with E-state index in [4.69, 9.17) is 9.47 Å². The van der Waals surface area contributed by atoms with Gasteiger partial charge in [0.2, 0.25) is 10.0 Å². The average Bonchev–Trinajstić information content (AvgIpc) is 2.68. The highest BCUT2D eigenvalue weighted by molar-refractivity contribution is 7.89. The van der Waals surface area contributed by atoms with Crippen LogP contribution in [0.2, 0.25) is 0 Å². The Morgan fingerprint density at radius 2 is 1.81 bits per heavy atom. The van der Waals surface area contributed by atoms with E-state index in [1.165, 1.54) is 12.1 Å². The fraction of sp³-hybridized carbons (Fsp3) is 0.684. The van der Waals surface area contributed by atoms with E-state index in [1.807, 2.05) is 0 Å². The number of morpholine rings is 1. The van der Waals surface area contributed by atoms with Crippen LogP contribution in [0.3, 0.4) is 0 Å². The lowest BCUT2D eigenvalue weighted by Gasteiger charge is -2.34. The largest absolute Gasteiger partial charge is 0.381 e. The molecule has 2 aliphatic rings. The molecule has 0 N–H and O–H groups in total. The number of rotatable bonds is 7. The van der Waals surface area contributed by atoms with E-state index in [2.05, 4.69) is 4.90 Å². The first-order valence-corrected chi connectivity index (χ1v) is 11.1. The Kier molecular flexibility index (Phi) is 7.22. The van der Waals surface area contributed by atoms with Crippen molar-refractivity contribution in [1.82, 2.24) is 9.21 Å². The van der Waals surface area contributed by atoms with Crippen LogP contribution in [0.5, 0.6) is 0 Å². The molecule has 0 radical (unpaired) electrons. The van der Waals surface area contributed by atoms with Gasteiger partial charge < -0.3 is 9.47 Å². The molecule has 2 saturated heterocycles. The molecular formula is C19H29FN2O4S. The van der Waals surface area contributed by atoms with Crippen molar-refractivity contribution >= 4 is 10.0 Å². The molecule has 152 valence electrons. The van der Waals surface area contributed by atoms with Gasteiger partial charge in [0, 0.05) is 38.9 Å². The third-order valence-electron chi connectivity index (χ3n) is 5.30. The summed E-state index contributed by atoms with van der Waals surface area (Å²) in [5.74, 6) is -0.490. The molecule has 1 aromatic rings. The summed E-state index contributed by atoms with van der Waals surface area (Å²) in [6, 6.07) is 4.07. The molecule has 0 saturated carbocycles. The van der Waals surface area contributed by atoms with Gasteiger partial charge in [0.1, 0.15) is 5.82 Å². The van der Waals surface area contributed by atoms with Gasteiger partial charge in [-0.2, -0.15) is 4.31 Å². The minimum absolute atomic E-state index is 0.0310. The number of aryl methyl sites for hydroxylation is 1. The fourth-order valence-corrected chi connectivity index (χ4v) is 5.35. The molecule has 0 bridgehead atoms. The third kappa shape index (κ3) is 5.26. The summed E-state index contributed by atoms with van der Waals surface area (Å²) in [5, 5.41) is 0. The van der Waals surface area contributed by atoms with E-state index < -0.39 is 15.8 Å². The van der Waals surface area contributed by atoms with Crippen LogP contribution < -0.4 is 0 Å². The van der Waals surface area contributed by atoms with Crippen molar-refractivity contribution in [3.8, 4) is 0 Å². The van der Waals surface area contributed by atoms with Gasteiger partial charge >= 0.3 is 0 Å². The predicted molar refractivity (Wildman–Crippen MR) is 101 cm³/mol. The van der Waals surface area contributed by atoms with Gasteiger partial charge in [-0.15, -0.1) is 0 Å². The van der Waals surface area contributed by atoms with Crippen LogP contribution in [0, 0.1) is 12.7 Å².